The van der Waals surface area contributed by atoms with E-state index in [4.69, 9.17) is 51.5 Å². The minimum Gasteiger partial charge on any atom is -0.741 e. The van der Waals surface area contributed by atoms with Crippen LogP contribution in [-0.4, -0.2) is 70.0 Å². The summed E-state index contributed by atoms with van der Waals surface area (Å²) in [6.45, 7) is 6.31. The Labute approximate surface area is 373 Å². The van der Waals surface area contributed by atoms with E-state index in [1.165, 1.54) is 0 Å². The number of pyridine rings is 2. The normalized spacial score (nSPS) is 10.6. The van der Waals surface area contributed by atoms with Gasteiger partial charge in [0.1, 0.15) is 0 Å². The average Bonchev–Trinajstić information content (AvgIpc) is 3.97. The SMILES string of the molecule is Cc1cc(-c2ccccc2)nn1[BH-](n1nc(-c2ccccc2)cc1C)n1nc(-c2ccccc2)cc1C.ClCCl.O=S(=O)([O-])C(F)(F)F.[Co+2].c1ccncc1.c1ccncc1. The van der Waals surface area contributed by atoms with Gasteiger partial charge < -0.3 is 18.3 Å². The van der Waals surface area contributed by atoms with E-state index in [0.29, 0.717) is 0 Å². The van der Waals surface area contributed by atoms with E-state index in [0.717, 1.165) is 50.9 Å². The van der Waals surface area contributed by atoms with E-state index in [1.54, 1.807) is 24.8 Å². The quantitative estimate of drug-likeness (QED) is 0.0697. The summed E-state index contributed by atoms with van der Waals surface area (Å²) in [5.41, 5.74) is 3.63. The van der Waals surface area contributed by atoms with Gasteiger partial charge in [-0.15, -0.1) is 23.2 Å². The summed E-state index contributed by atoms with van der Waals surface area (Å²) in [6, 6.07) is 48.8. The smallest absolute Gasteiger partial charge is 0.741 e. The molecule has 1 radical (unpaired) electrons. The number of hydrogen-bond acceptors (Lipinski definition) is 8. The maximum absolute atomic E-state index is 10.7. The summed E-state index contributed by atoms with van der Waals surface area (Å²) in [5.74, 6) is 0. The van der Waals surface area contributed by atoms with Crippen LogP contribution < -0.4 is 0 Å². The molecule has 8 rings (SSSR count). The molecular weight excluding hydrogens is 894 g/mol. The Bertz CT molecular complexity index is 2280. The van der Waals surface area contributed by atoms with E-state index in [9.17, 15) is 13.2 Å². The van der Waals surface area contributed by atoms with E-state index in [-0.39, 0.29) is 22.1 Å². The van der Waals surface area contributed by atoms with Crippen LogP contribution in [-0.2, 0) is 26.9 Å². The van der Waals surface area contributed by atoms with Gasteiger partial charge in [-0.3, -0.25) is 9.97 Å². The molecule has 8 aromatic rings. The third-order valence-corrected chi connectivity index (χ3v) is 8.94. The summed E-state index contributed by atoms with van der Waals surface area (Å²) in [4.78, 5) is 7.57. The van der Waals surface area contributed by atoms with Gasteiger partial charge in [-0.2, -0.15) is 13.2 Å². The van der Waals surface area contributed by atoms with Crippen molar-refractivity contribution in [1.29, 1.82) is 0 Å². The van der Waals surface area contributed by atoms with E-state index in [2.05, 4.69) is 99.1 Å². The van der Waals surface area contributed by atoms with Crippen molar-refractivity contribution in [2.75, 3.05) is 5.34 Å². The molecule has 5 aromatic heterocycles. The number of benzene rings is 3. The van der Waals surface area contributed by atoms with Crippen LogP contribution in [0.2, 0.25) is 0 Å². The first-order valence-corrected chi connectivity index (χ1v) is 20.6. The minimum absolute atomic E-state index is 0. The van der Waals surface area contributed by atoms with Gasteiger partial charge in [-0.1, -0.05) is 103 Å². The molecule has 0 unspecified atom stereocenters. The average molecular weight is 935 g/mol. The predicted octanol–water partition coefficient (Wildman–Crippen LogP) is 9.50. The summed E-state index contributed by atoms with van der Waals surface area (Å²) < 4.78 is 65.2. The second kappa shape index (κ2) is 24.6. The minimum atomic E-state index is -6.09. The van der Waals surface area contributed by atoms with Gasteiger partial charge in [0.25, 0.3) is 0 Å². The molecule has 319 valence electrons. The molecule has 0 fully saturated rings. The van der Waals surface area contributed by atoms with Crippen LogP contribution >= 0.6 is 23.2 Å². The van der Waals surface area contributed by atoms with Crippen molar-refractivity contribution in [3.63, 3.8) is 0 Å². The first-order chi connectivity index (χ1) is 28.7. The van der Waals surface area contributed by atoms with E-state index >= 15 is 0 Å². The molecule has 0 N–H and O–H groups in total. The maximum atomic E-state index is 10.7. The molecule has 0 bridgehead atoms. The van der Waals surface area contributed by atoms with Crippen molar-refractivity contribution in [1.82, 2.24) is 39.0 Å². The number of aromatic nitrogens is 8. The Morgan fingerprint density at radius 3 is 0.951 bits per heavy atom. The molecule has 0 aliphatic rings. The van der Waals surface area contributed by atoms with Gasteiger partial charge in [-0.25, -0.2) is 23.7 Å². The van der Waals surface area contributed by atoms with Crippen molar-refractivity contribution in [3.05, 3.63) is 187 Å². The van der Waals surface area contributed by atoms with Crippen molar-refractivity contribution in [2.45, 2.75) is 26.3 Å². The third-order valence-electron chi connectivity index (χ3n) is 8.37. The van der Waals surface area contributed by atoms with Crippen LogP contribution in [0.25, 0.3) is 33.8 Å². The number of halogens is 5. The fraction of sp³-hybridized carbons (Fsp3) is 0.119. The van der Waals surface area contributed by atoms with E-state index < -0.39 is 22.7 Å². The van der Waals surface area contributed by atoms with Crippen LogP contribution in [0.4, 0.5) is 13.2 Å². The zero-order chi connectivity index (χ0) is 43.5. The Morgan fingerprint density at radius 1 is 0.541 bits per heavy atom. The molecule has 5 heterocycles. The number of alkyl halides is 5. The van der Waals surface area contributed by atoms with Crippen LogP contribution in [0.5, 0.6) is 0 Å². The molecule has 0 spiro atoms. The second-order valence-electron chi connectivity index (χ2n) is 12.6. The first-order valence-electron chi connectivity index (χ1n) is 18.1. The van der Waals surface area contributed by atoms with Crippen LogP contribution in [0.15, 0.2) is 170 Å². The van der Waals surface area contributed by atoms with E-state index in [1.807, 2.05) is 91.0 Å². The van der Waals surface area contributed by atoms with Crippen LogP contribution in [0.3, 0.4) is 0 Å². The van der Waals surface area contributed by atoms with Gasteiger partial charge in [0.2, 0.25) is 0 Å². The summed E-state index contributed by atoms with van der Waals surface area (Å²) >= 11 is 9.53. The monoisotopic (exact) mass is 933 g/mol. The molecule has 3 aromatic carbocycles. The standard InChI is InChI=1S/C30H28BN6.2C5H5N.CH2Cl2.CHF3O3S.Co/c1-22-19-28(25-13-7-4-8-14-25)32-35(22)31(36-23(2)20-29(33-36)26-15-9-5-10-16-26)37-24(3)21-30(34-37)27-17-11-6-12-18-27;2*1-2-4-6-5-3-1;2-1-3;2-1(3,4)8(5,6)7;/h4-21,31H,1-3H3;2*1-5H;1H2;(H,5,6,7);/q-1;;;;;+2/p-1. The third kappa shape index (κ3) is 15.1. The fourth-order valence-electron chi connectivity index (χ4n) is 5.65. The Morgan fingerprint density at radius 2 is 0.770 bits per heavy atom. The van der Waals surface area contributed by atoms with Gasteiger partial charge in [-0.05, 0) is 80.3 Å². The maximum Gasteiger partial charge on any atom is 2.00 e. The van der Waals surface area contributed by atoms with Gasteiger partial charge >= 0.3 is 29.4 Å². The molecule has 0 aliphatic heterocycles. The van der Waals surface area contributed by atoms with Crippen molar-refractivity contribution < 1.29 is 42.9 Å². The molecule has 0 atom stereocenters. The Hall–Kier alpha value is -5.56. The summed E-state index contributed by atoms with van der Waals surface area (Å²) in [6.07, 6.45) is 7.00. The molecular formula is C42H40BCl2CoF3N8O3S. The van der Waals surface area contributed by atoms with Crippen LogP contribution in [0.1, 0.15) is 17.1 Å². The number of rotatable bonds is 6. The summed E-state index contributed by atoms with van der Waals surface area (Å²) in [5, 5.41) is 15.5. The number of hydrogen-bond donors (Lipinski definition) is 0. The zero-order valence-corrected chi connectivity index (χ0v) is 36.4. The fourth-order valence-corrected chi connectivity index (χ4v) is 5.65. The van der Waals surface area contributed by atoms with Gasteiger partial charge in [0, 0.05) is 41.5 Å². The molecule has 0 aliphatic carbocycles. The van der Waals surface area contributed by atoms with Crippen molar-refractivity contribution >= 4 is 40.4 Å². The molecule has 0 saturated carbocycles. The van der Waals surface area contributed by atoms with Gasteiger partial charge in [0.15, 0.2) is 10.1 Å². The zero-order valence-electron chi connectivity index (χ0n) is 33.0. The molecule has 19 heteroatoms. The molecule has 0 saturated heterocycles. The number of aryl methyl sites for hydroxylation is 3. The summed E-state index contributed by atoms with van der Waals surface area (Å²) in [7, 11) is -7.65. The largest absolute Gasteiger partial charge is 2.00 e. The van der Waals surface area contributed by atoms with Crippen LogP contribution in [0, 0.1) is 20.8 Å². The number of nitrogens with zero attached hydrogens (tertiary/aromatic N) is 8. The molecule has 61 heavy (non-hydrogen) atoms. The Kier molecular flexibility index (Phi) is 20.1. The Balaban J connectivity index is 0.000000336. The van der Waals surface area contributed by atoms with Crippen molar-refractivity contribution in [3.8, 4) is 33.8 Å². The van der Waals surface area contributed by atoms with Gasteiger partial charge in [0.05, 0.1) is 22.4 Å². The predicted molar refractivity (Wildman–Crippen MR) is 231 cm³/mol. The first kappa shape index (κ1) is 49.8. The molecule has 0 amide bonds. The molecule has 11 nitrogen and oxygen atoms in total. The topological polar surface area (TPSA) is 136 Å². The second-order valence-corrected chi connectivity index (χ2v) is 14.8. The van der Waals surface area contributed by atoms with Crippen molar-refractivity contribution in [2.24, 2.45) is 0 Å².